The van der Waals surface area contributed by atoms with Crippen LogP contribution in [0.3, 0.4) is 0 Å². The number of hydrogen-bond donors (Lipinski definition) is 2. The van der Waals surface area contributed by atoms with Gasteiger partial charge in [0, 0.05) is 7.11 Å². The minimum Gasteiger partial charge on any atom is -0.385 e. The quantitative estimate of drug-likeness (QED) is 0.567. The molecule has 72 valence electrons. The summed E-state index contributed by atoms with van der Waals surface area (Å²) in [6.45, 7) is 1.58. The molecular weight excluding hydrogens is 167 g/mol. The van der Waals surface area contributed by atoms with Gasteiger partial charge in [0.1, 0.15) is 12.2 Å². The predicted molar refractivity (Wildman–Crippen MR) is 38.3 cm³/mol. The topological polar surface area (TPSA) is 58.9 Å². The van der Waals surface area contributed by atoms with Crippen LogP contribution in [0.2, 0.25) is 0 Å². The fraction of sp³-hybridized carbons (Fsp3) is 1.00. The summed E-state index contributed by atoms with van der Waals surface area (Å²) in [6.07, 6.45) is -5.95. The van der Waals surface area contributed by atoms with Gasteiger partial charge < -0.3 is 19.7 Å². The second kappa shape index (κ2) is 3.66. The summed E-state index contributed by atoms with van der Waals surface area (Å²) in [4.78, 5) is 0. The molecule has 5 atom stereocenters. The summed E-state index contributed by atoms with van der Waals surface area (Å²) in [7, 11) is 1.33. The van der Waals surface area contributed by atoms with Gasteiger partial charge in [-0.1, -0.05) is 0 Å². The number of ether oxygens (including phenoxy) is 2. The van der Waals surface area contributed by atoms with Crippen LogP contribution in [0.15, 0.2) is 0 Å². The highest BCUT2D eigenvalue weighted by molar-refractivity contribution is 4.87. The van der Waals surface area contributed by atoms with Crippen LogP contribution in [-0.4, -0.2) is 48.1 Å². The minimum absolute atomic E-state index is 0.552. The van der Waals surface area contributed by atoms with Crippen molar-refractivity contribution in [2.45, 2.75) is 37.7 Å². The van der Waals surface area contributed by atoms with E-state index in [0.717, 1.165) is 0 Å². The summed E-state index contributed by atoms with van der Waals surface area (Å²) < 4.78 is 22.7. The third-order valence-corrected chi connectivity index (χ3v) is 2.02. The van der Waals surface area contributed by atoms with E-state index in [1.165, 1.54) is 7.11 Å². The second-order valence-corrected chi connectivity index (χ2v) is 2.87. The van der Waals surface area contributed by atoms with Gasteiger partial charge in [-0.2, -0.15) is 0 Å². The van der Waals surface area contributed by atoms with Crippen molar-refractivity contribution in [2.24, 2.45) is 0 Å². The van der Waals surface area contributed by atoms with Gasteiger partial charge in [-0.15, -0.1) is 0 Å². The van der Waals surface area contributed by atoms with Crippen LogP contribution < -0.4 is 0 Å². The molecule has 1 aliphatic heterocycles. The molecule has 1 rings (SSSR count). The molecule has 0 saturated carbocycles. The van der Waals surface area contributed by atoms with Crippen molar-refractivity contribution in [3.63, 3.8) is 0 Å². The Morgan fingerprint density at radius 2 is 2.00 bits per heavy atom. The third-order valence-electron chi connectivity index (χ3n) is 2.02. The van der Waals surface area contributed by atoms with Gasteiger partial charge in [0.2, 0.25) is 0 Å². The highest BCUT2D eigenvalue weighted by Crippen LogP contribution is 2.23. The standard InChI is InChI=1S/C7H13FO4/c1-3-6(11-2)4(8)5(9)7(10)12-3/h3-7,9-10H,1-2H3/t3-,4-,5-,6-,7+/m1/s1. The Kier molecular flexibility index (Phi) is 3.00. The fourth-order valence-corrected chi connectivity index (χ4v) is 1.31. The first kappa shape index (κ1) is 9.85. The lowest BCUT2D eigenvalue weighted by atomic mass is 10.0. The lowest BCUT2D eigenvalue weighted by Gasteiger charge is -2.37. The summed E-state index contributed by atoms with van der Waals surface area (Å²) in [5, 5.41) is 18.0. The van der Waals surface area contributed by atoms with E-state index >= 15 is 0 Å². The summed E-state index contributed by atoms with van der Waals surface area (Å²) in [5.41, 5.74) is 0. The molecule has 5 heteroatoms. The SMILES string of the molecule is CO[C@H]1[C@H](F)[C@@H](O)[C@@H](O)O[C@@H]1C. The molecule has 1 heterocycles. The van der Waals surface area contributed by atoms with Crippen molar-refractivity contribution in [3.8, 4) is 0 Å². The van der Waals surface area contributed by atoms with Crippen LogP contribution >= 0.6 is 0 Å². The van der Waals surface area contributed by atoms with Crippen molar-refractivity contribution in [2.75, 3.05) is 7.11 Å². The molecule has 0 spiro atoms. The van der Waals surface area contributed by atoms with Crippen molar-refractivity contribution in [1.29, 1.82) is 0 Å². The zero-order valence-corrected chi connectivity index (χ0v) is 6.98. The van der Waals surface area contributed by atoms with E-state index in [2.05, 4.69) is 0 Å². The summed E-state index contributed by atoms with van der Waals surface area (Å²) in [5.74, 6) is 0. The number of rotatable bonds is 1. The van der Waals surface area contributed by atoms with Crippen LogP contribution in [0.1, 0.15) is 6.92 Å². The van der Waals surface area contributed by atoms with Crippen LogP contribution in [-0.2, 0) is 9.47 Å². The first-order valence-electron chi connectivity index (χ1n) is 3.76. The summed E-state index contributed by atoms with van der Waals surface area (Å²) in [6, 6.07) is 0. The number of aliphatic hydroxyl groups is 2. The fourth-order valence-electron chi connectivity index (χ4n) is 1.31. The zero-order valence-electron chi connectivity index (χ0n) is 6.98. The highest BCUT2D eigenvalue weighted by atomic mass is 19.1. The molecule has 2 N–H and O–H groups in total. The smallest absolute Gasteiger partial charge is 0.184 e. The third kappa shape index (κ3) is 1.59. The van der Waals surface area contributed by atoms with Crippen molar-refractivity contribution in [1.82, 2.24) is 0 Å². The van der Waals surface area contributed by atoms with Gasteiger partial charge in [-0.25, -0.2) is 4.39 Å². The first-order chi connectivity index (χ1) is 5.57. The Balaban J connectivity index is 2.65. The molecule has 0 aromatic rings. The molecule has 0 aliphatic carbocycles. The van der Waals surface area contributed by atoms with Gasteiger partial charge in [-0.05, 0) is 6.92 Å². The van der Waals surface area contributed by atoms with E-state index in [9.17, 15) is 4.39 Å². The average molecular weight is 180 g/mol. The van der Waals surface area contributed by atoms with Crippen LogP contribution in [0.5, 0.6) is 0 Å². The molecule has 1 fully saturated rings. The molecule has 0 amide bonds. The van der Waals surface area contributed by atoms with Crippen molar-refractivity contribution < 1.29 is 24.1 Å². The van der Waals surface area contributed by atoms with E-state index < -0.39 is 30.8 Å². The molecule has 0 aromatic carbocycles. The van der Waals surface area contributed by atoms with Gasteiger partial charge in [-0.3, -0.25) is 0 Å². The number of methoxy groups -OCH3 is 1. The lowest BCUT2D eigenvalue weighted by molar-refractivity contribution is -0.269. The van der Waals surface area contributed by atoms with Crippen molar-refractivity contribution in [3.05, 3.63) is 0 Å². The molecule has 0 unspecified atom stereocenters. The first-order valence-corrected chi connectivity index (χ1v) is 3.76. The number of halogens is 1. The molecule has 1 saturated heterocycles. The molecule has 0 aromatic heterocycles. The molecule has 4 nitrogen and oxygen atoms in total. The monoisotopic (exact) mass is 180 g/mol. The van der Waals surface area contributed by atoms with E-state index in [1.807, 2.05) is 0 Å². The minimum atomic E-state index is -1.60. The number of hydrogen-bond acceptors (Lipinski definition) is 4. The molecule has 0 radical (unpaired) electrons. The van der Waals surface area contributed by atoms with Gasteiger partial charge in [0.25, 0.3) is 0 Å². The Labute approximate surface area is 69.9 Å². The van der Waals surface area contributed by atoms with E-state index in [4.69, 9.17) is 19.7 Å². The molecule has 1 aliphatic rings. The maximum absolute atomic E-state index is 13.1. The lowest BCUT2D eigenvalue weighted by Crippen LogP contribution is -2.55. The predicted octanol–water partition coefficient (Wildman–Crippen LogP) is -0.563. The largest absolute Gasteiger partial charge is 0.385 e. The van der Waals surface area contributed by atoms with E-state index in [1.54, 1.807) is 6.92 Å². The van der Waals surface area contributed by atoms with Gasteiger partial charge in [0.05, 0.1) is 6.10 Å². The normalized spacial score (nSPS) is 49.2. The second-order valence-electron chi connectivity index (χ2n) is 2.87. The van der Waals surface area contributed by atoms with Crippen LogP contribution in [0.4, 0.5) is 4.39 Å². The maximum atomic E-state index is 13.1. The molecular formula is C7H13FO4. The zero-order chi connectivity index (χ0) is 9.30. The summed E-state index contributed by atoms with van der Waals surface area (Å²) >= 11 is 0. The number of aliphatic hydroxyl groups excluding tert-OH is 2. The average Bonchev–Trinajstić information content (AvgIpc) is 2.01. The Bertz CT molecular complexity index is 154. The van der Waals surface area contributed by atoms with E-state index in [0.29, 0.717) is 0 Å². The van der Waals surface area contributed by atoms with E-state index in [-0.39, 0.29) is 0 Å². The highest BCUT2D eigenvalue weighted by Gasteiger charge is 2.43. The van der Waals surface area contributed by atoms with Gasteiger partial charge in [0.15, 0.2) is 12.5 Å². The van der Waals surface area contributed by atoms with Gasteiger partial charge >= 0.3 is 0 Å². The van der Waals surface area contributed by atoms with Crippen LogP contribution in [0, 0.1) is 0 Å². The Hall–Kier alpha value is -0.230. The molecule has 0 bridgehead atoms. The van der Waals surface area contributed by atoms with Crippen molar-refractivity contribution >= 4 is 0 Å². The van der Waals surface area contributed by atoms with Crippen LogP contribution in [0.25, 0.3) is 0 Å². The number of alkyl halides is 1. The Morgan fingerprint density at radius 1 is 1.42 bits per heavy atom. The Morgan fingerprint density at radius 3 is 2.50 bits per heavy atom. The maximum Gasteiger partial charge on any atom is 0.184 e. The molecule has 12 heavy (non-hydrogen) atoms.